The van der Waals surface area contributed by atoms with Gasteiger partial charge in [-0.2, -0.15) is 0 Å². The molecule has 3 heteroatoms. The molecule has 6 aromatic carbocycles. The van der Waals surface area contributed by atoms with Gasteiger partial charge in [0.1, 0.15) is 5.75 Å². The van der Waals surface area contributed by atoms with E-state index in [1.54, 1.807) is 11.8 Å². The zero-order chi connectivity index (χ0) is 29.9. The third-order valence-electron chi connectivity index (χ3n) is 9.12. The van der Waals surface area contributed by atoms with Crippen molar-refractivity contribution in [2.24, 2.45) is 0 Å². The first kappa shape index (κ1) is 26.6. The van der Waals surface area contributed by atoms with Gasteiger partial charge < -0.3 is 4.74 Å². The van der Waals surface area contributed by atoms with Gasteiger partial charge in [0.05, 0.1) is 6.57 Å². The normalized spacial score (nSPS) is 17.3. The van der Waals surface area contributed by atoms with Gasteiger partial charge in [-0.05, 0) is 58.0 Å². The number of fused-ring (bicyclic) bond motifs is 8. The van der Waals surface area contributed by atoms with Crippen LogP contribution in [-0.2, 0) is 11.0 Å². The Balaban J connectivity index is 1.33. The molecule has 0 spiro atoms. The van der Waals surface area contributed by atoms with E-state index in [1.165, 1.54) is 37.4 Å². The van der Waals surface area contributed by atoms with Gasteiger partial charge in [-0.15, -0.1) is 0 Å². The Labute approximate surface area is 262 Å². The third kappa shape index (κ3) is 3.95. The predicted molar refractivity (Wildman–Crippen MR) is 182 cm³/mol. The van der Waals surface area contributed by atoms with Crippen molar-refractivity contribution in [2.75, 3.05) is 0 Å². The Morgan fingerprint density at radius 1 is 0.682 bits per heavy atom. The fourth-order valence-corrected chi connectivity index (χ4v) is 7.89. The molecule has 0 saturated heterocycles. The summed E-state index contributed by atoms with van der Waals surface area (Å²) in [7, 11) is 0. The summed E-state index contributed by atoms with van der Waals surface area (Å²) in [5, 5.41) is 2.27. The van der Waals surface area contributed by atoms with Crippen LogP contribution >= 0.6 is 11.8 Å². The topological polar surface area (TPSA) is 13.6 Å². The molecule has 1 aliphatic heterocycles. The van der Waals surface area contributed by atoms with Gasteiger partial charge in [0.2, 0.25) is 0 Å². The van der Waals surface area contributed by atoms with Crippen molar-refractivity contribution >= 4 is 34.3 Å². The number of hydrogen-bond acceptors (Lipinski definition) is 2. The highest BCUT2D eigenvalue weighted by Crippen LogP contribution is 2.58. The standard InChI is InChI=1S/C41H29NOS/c1-40(2)36-26-29(42-3)20-23-34(36)37-32-16-10-11-17-33(32)39-35(38(37)40)24-25-41(43-39,27-12-6-4-7-13-27)28-18-21-31(22-19-28)44-30-14-8-5-9-15-30/h4-26H,1-2H3. The molecule has 0 aromatic heterocycles. The summed E-state index contributed by atoms with van der Waals surface area (Å²) in [5.41, 5.74) is 7.77. The Morgan fingerprint density at radius 2 is 1.32 bits per heavy atom. The van der Waals surface area contributed by atoms with Gasteiger partial charge >= 0.3 is 0 Å². The summed E-state index contributed by atoms with van der Waals surface area (Å²) in [6.07, 6.45) is 4.52. The molecule has 0 radical (unpaired) electrons. The second kappa shape index (κ2) is 10.0. The Bertz CT molecular complexity index is 2140. The van der Waals surface area contributed by atoms with Crippen LogP contribution in [0.15, 0.2) is 143 Å². The summed E-state index contributed by atoms with van der Waals surface area (Å²) >= 11 is 1.76. The molecule has 1 atom stereocenters. The van der Waals surface area contributed by atoms with Crippen LogP contribution in [-0.4, -0.2) is 0 Å². The van der Waals surface area contributed by atoms with E-state index in [0.29, 0.717) is 5.69 Å². The van der Waals surface area contributed by atoms with Gasteiger partial charge in [-0.3, -0.25) is 0 Å². The second-order valence-corrected chi connectivity index (χ2v) is 13.1. The first-order chi connectivity index (χ1) is 21.5. The first-order valence-corrected chi connectivity index (χ1v) is 15.7. The van der Waals surface area contributed by atoms with Crippen LogP contribution in [0.1, 0.15) is 41.7 Å². The van der Waals surface area contributed by atoms with E-state index < -0.39 is 5.60 Å². The van der Waals surface area contributed by atoms with E-state index in [9.17, 15) is 0 Å². The number of hydrogen-bond donors (Lipinski definition) is 0. The Kier molecular flexibility index (Phi) is 6.05. The Morgan fingerprint density at radius 3 is 2.05 bits per heavy atom. The molecule has 2 nitrogen and oxygen atoms in total. The Hall–Kier alpha value is -5.04. The molecular formula is C41H29NOS. The predicted octanol–water partition coefficient (Wildman–Crippen LogP) is 11.2. The molecule has 1 aliphatic carbocycles. The van der Waals surface area contributed by atoms with E-state index in [2.05, 4.69) is 146 Å². The van der Waals surface area contributed by atoms with Crippen molar-refractivity contribution in [3.63, 3.8) is 0 Å². The van der Waals surface area contributed by atoms with Crippen molar-refractivity contribution in [3.05, 3.63) is 173 Å². The molecule has 6 aromatic rings. The molecule has 2 aliphatic rings. The van der Waals surface area contributed by atoms with Gasteiger partial charge in [0.25, 0.3) is 0 Å². The fourth-order valence-electron chi connectivity index (χ4n) is 7.05. The molecule has 1 unspecified atom stereocenters. The van der Waals surface area contributed by atoms with E-state index in [0.717, 1.165) is 27.8 Å². The van der Waals surface area contributed by atoms with Crippen molar-refractivity contribution in [1.29, 1.82) is 0 Å². The van der Waals surface area contributed by atoms with E-state index in [4.69, 9.17) is 11.3 Å². The average molecular weight is 584 g/mol. The van der Waals surface area contributed by atoms with Crippen molar-refractivity contribution < 1.29 is 4.74 Å². The molecule has 210 valence electrons. The number of benzene rings is 6. The third-order valence-corrected chi connectivity index (χ3v) is 10.1. The minimum atomic E-state index is -0.798. The van der Waals surface area contributed by atoms with Crippen LogP contribution in [0.3, 0.4) is 0 Å². The molecule has 0 saturated carbocycles. The second-order valence-electron chi connectivity index (χ2n) is 12.0. The van der Waals surface area contributed by atoms with Crippen LogP contribution in [0.25, 0.3) is 32.8 Å². The first-order valence-electron chi connectivity index (χ1n) is 14.9. The lowest BCUT2D eigenvalue weighted by atomic mass is 9.77. The van der Waals surface area contributed by atoms with Crippen LogP contribution in [0, 0.1) is 6.57 Å². The maximum atomic E-state index is 7.65. The lowest BCUT2D eigenvalue weighted by molar-refractivity contribution is 0.163. The molecule has 8 rings (SSSR count). The van der Waals surface area contributed by atoms with Gasteiger partial charge in [-0.1, -0.05) is 135 Å². The van der Waals surface area contributed by atoms with Crippen molar-refractivity contribution in [2.45, 2.75) is 34.7 Å². The van der Waals surface area contributed by atoms with E-state index in [1.807, 2.05) is 12.1 Å². The molecule has 0 bridgehead atoms. The van der Waals surface area contributed by atoms with Crippen molar-refractivity contribution in [3.8, 4) is 16.9 Å². The maximum Gasteiger partial charge on any atom is 0.187 e. The van der Waals surface area contributed by atoms with Gasteiger partial charge in [0, 0.05) is 37.3 Å². The highest BCUT2D eigenvalue weighted by atomic mass is 32.2. The number of nitrogens with zero attached hydrogens (tertiary/aromatic N) is 1. The SMILES string of the molecule is [C-]#[N+]c1ccc2c(c1)C(C)(C)c1c3c(c4ccccc4c1-2)OC(c1ccccc1)(c1ccc(Sc2ccccc2)cc1)C=C3. The summed E-state index contributed by atoms with van der Waals surface area (Å²) in [5.74, 6) is 0.903. The highest BCUT2D eigenvalue weighted by Gasteiger charge is 2.44. The highest BCUT2D eigenvalue weighted by molar-refractivity contribution is 7.99. The van der Waals surface area contributed by atoms with Crippen LogP contribution in [0.4, 0.5) is 5.69 Å². The lowest BCUT2D eigenvalue weighted by Crippen LogP contribution is -2.35. The summed E-state index contributed by atoms with van der Waals surface area (Å²) < 4.78 is 7.38. The largest absolute Gasteiger partial charge is 0.472 e. The zero-order valence-electron chi connectivity index (χ0n) is 24.5. The summed E-state index contributed by atoms with van der Waals surface area (Å²) in [4.78, 5) is 6.15. The van der Waals surface area contributed by atoms with Crippen LogP contribution < -0.4 is 4.74 Å². The zero-order valence-corrected chi connectivity index (χ0v) is 25.4. The van der Waals surface area contributed by atoms with E-state index in [-0.39, 0.29) is 5.41 Å². The quantitative estimate of drug-likeness (QED) is 0.192. The fraction of sp³-hybridized carbons (Fsp3) is 0.0976. The summed E-state index contributed by atoms with van der Waals surface area (Å²) in [6, 6.07) is 44.5. The molecule has 44 heavy (non-hydrogen) atoms. The smallest absolute Gasteiger partial charge is 0.187 e. The number of ether oxygens (including phenoxy) is 1. The van der Waals surface area contributed by atoms with Crippen LogP contribution in [0.5, 0.6) is 5.75 Å². The lowest BCUT2D eigenvalue weighted by Gasteiger charge is -2.38. The van der Waals surface area contributed by atoms with E-state index >= 15 is 0 Å². The minimum Gasteiger partial charge on any atom is -0.472 e. The van der Waals surface area contributed by atoms with Gasteiger partial charge in [0.15, 0.2) is 11.3 Å². The monoisotopic (exact) mass is 583 g/mol. The maximum absolute atomic E-state index is 7.65. The molecule has 0 fully saturated rings. The summed E-state index contributed by atoms with van der Waals surface area (Å²) in [6.45, 7) is 12.2. The van der Waals surface area contributed by atoms with Crippen LogP contribution in [0.2, 0.25) is 0 Å². The molecule has 0 N–H and O–H groups in total. The number of rotatable bonds is 4. The average Bonchev–Trinajstić information content (AvgIpc) is 3.32. The van der Waals surface area contributed by atoms with Crippen molar-refractivity contribution in [1.82, 2.24) is 0 Å². The van der Waals surface area contributed by atoms with Gasteiger partial charge in [-0.25, -0.2) is 4.85 Å². The molecular weight excluding hydrogens is 555 g/mol. The molecule has 0 amide bonds. The molecule has 1 heterocycles. The minimum absolute atomic E-state index is 0.295.